The van der Waals surface area contributed by atoms with Crippen molar-refractivity contribution in [2.45, 2.75) is 69.2 Å². The summed E-state index contributed by atoms with van der Waals surface area (Å²) in [5.74, 6) is -0.250. The molecule has 0 heterocycles. The number of phenols is 1. The Morgan fingerprint density at radius 2 is 1.78 bits per heavy atom. The van der Waals surface area contributed by atoms with Crippen molar-refractivity contribution in [1.82, 2.24) is 5.32 Å². The second-order valence-electron chi connectivity index (χ2n) is 8.35. The molecule has 174 valence electrons. The number of hydrogen-bond acceptors (Lipinski definition) is 6. The lowest BCUT2D eigenvalue weighted by molar-refractivity contribution is -0.144. The van der Waals surface area contributed by atoms with E-state index in [4.69, 9.17) is 14.9 Å². The molecular weight excluding hydrogens is 426 g/mol. The van der Waals surface area contributed by atoms with Crippen LogP contribution in [0.25, 0.3) is 0 Å². The number of phenolic OH excluding ortho intramolecular Hbond substituents is 1. The molecule has 0 radical (unpaired) electrons. The van der Waals surface area contributed by atoms with Crippen molar-refractivity contribution in [3.63, 3.8) is 0 Å². The van der Waals surface area contributed by atoms with Crippen LogP contribution in [0.2, 0.25) is 0 Å². The summed E-state index contributed by atoms with van der Waals surface area (Å²) in [7, 11) is 0. The summed E-state index contributed by atoms with van der Waals surface area (Å²) in [4.78, 5) is 23.2. The lowest BCUT2D eigenvalue weighted by Gasteiger charge is -2.20. The van der Waals surface area contributed by atoms with E-state index in [0.717, 1.165) is 19.4 Å². The molecule has 32 heavy (non-hydrogen) atoms. The molecule has 3 rings (SSSR count). The highest BCUT2D eigenvalue weighted by molar-refractivity contribution is 8.01. The van der Waals surface area contributed by atoms with Gasteiger partial charge in [-0.2, -0.15) is 0 Å². The van der Waals surface area contributed by atoms with E-state index in [9.17, 15) is 9.59 Å². The van der Waals surface area contributed by atoms with Crippen molar-refractivity contribution in [2.75, 3.05) is 6.54 Å². The largest absolute Gasteiger partial charge is 0.508 e. The maximum absolute atomic E-state index is 11.6. The highest BCUT2D eigenvalue weighted by Gasteiger charge is 2.26. The average Bonchev–Trinajstić information content (AvgIpc) is 3.11. The van der Waals surface area contributed by atoms with Gasteiger partial charge in [0.2, 0.25) is 0 Å². The molecule has 6 nitrogen and oxygen atoms in total. The number of ketones is 1. The van der Waals surface area contributed by atoms with E-state index >= 15 is 0 Å². The van der Waals surface area contributed by atoms with E-state index in [2.05, 4.69) is 30.4 Å². The molecule has 2 atom stereocenters. The number of benzene rings is 2. The van der Waals surface area contributed by atoms with Crippen molar-refractivity contribution in [2.24, 2.45) is 0 Å². The Morgan fingerprint density at radius 1 is 1.16 bits per heavy atom. The number of carboxylic acids is 1. The standard InChI is InChI=1S/C16H23NOS.C9H10O4/c1-5-17-14-8-12-6-7-15(10-13(12)9-14)19-16(3,4)11(2)18;1-6(9(11)12)13-8-4-2-7(10)3-5-8/h6-7,10,14,17H,5,8-9H2,1-4H3;2-6,10H,1H3,(H,11,12)/t14-;6-/m11/s1. The Hall–Kier alpha value is -2.51. The van der Waals surface area contributed by atoms with E-state index in [0.29, 0.717) is 11.8 Å². The lowest BCUT2D eigenvalue weighted by Crippen LogP contribution is -2.28. The monoisotopic (exact) mass is 459 g/mol. The number of likely N-dealkylation sites (N-methyl/N-ethyl adjacent to an activating group) is 1. The van der Waals surface area contributed by atoms with E-state index in [1.165, 1.54) is 47.2 Å². The van der Waals surface area contributed by atoms with Crippen LogP contribution in [0.3, 0.4) is 0 Å². The van der Waals surface area contributed by atoms with Gasteiger partial charge in [0.25, 0.3) is 0 Å². The van der Waals surface area contributed by atoms with Gasteiger partial charge in [-0.05, 0) is 94.6 Å². The summed E-state index contributed by atoms with van der Waals surface area (Å²) in [6.07, 6.45) is 1.35. The minimum Gasteiger partial charge on any atom is -0.508 e. The van der Waals surface area contributed by atoms with Crippen LogP contribution in [0.1, 0.15) is 45.7 Å². The maximum atomic E-state index is 11.6. The first-order valence-electron chi connectivity index (χ1n) is 10.8. The second-order valence-corrected chi connectivity index (χ2v) is 10.1. The number of hydrogen-bond donors (Lipinski definition) is 3. The molecule has 0 amide bonds. The van der Waals surface area contributed by atoms with Crippen LogP contribution in [0.4, 0.5) is 0 Å². The predicted molar refractivity (Wildman–Crippen MR) is 128 cm³/mol. The zero-order valence-corrected chi connectivity index (χ0v) is 20.2. The van der Waals surface area contributed by atoms with Gasteiger partial charge in [-0.15, -0.1) is 11.8 Å². The molecule has 0 aromatic heterocycles. The number of carboxylic acid groups (broad SMARTS) is 1. The van der Waals surface area contributed by atoms with E-state index in [-0.39, 0.29) is 16.3 Å². The normalized spacial score (nSPS) is 15.8. The average molecular weight is 460 g/mol. The number of nitrogens with one attached hydrogen (secondary N) is 1. The van der Waals surface area contributed by atoms with Gasteiger partial charge in [-0.1, -0.05) is 13.0 Å². The number of carbonyl (C=O) groups excluding carboxylic acids is 1. The fraction of sp³-hybridized carbons (Fsp3) is 0.440. The highest BCUT2D eigenvalue weighted by Crippen LogP contribution is 2.35. The van der Waals surface area contributed by atoms with Gasteiger partial charge in [-0.25, -0.2) is 4.79 Å². The Morgan fingerprint density at radius 3 is 2.34 bits per heavy atom. The first-order chi connectivity index (χ1) is 15.0. The number of rotatable bonds is 8. The summed E-state index contributed by atoms with van der Waals surface area (Å²) < 4.78 is 4.68. The van der Waals surface area contributed by atoms with E-state index in [1.54, 1.807) is 18.7 Å². The molecule has 7 heteroatoms. The molecule has 0 saturated carbocycles. The van der Waals surface area contributed by atoms with Crippen LogP contribution in [-0.4, -0.2) is 45.4 Å². The first kappa shape index (κ1) is 25.7. The molecule has 1 aliphatic rings. The summed E-state index contributed by atoms with van der Waals surface area (Å²) >= 11 is 1.66. The number of fused-ring (bicyclic) bond motifs is 1. The van der Waals surface area contributed by atoms with Crippen molar-refractivity contribution in [1.29, 1.82) is 0 Å². The van der Waals surface area contributed by atoms with Crippen LogP contribution in [0.5, 0.6) is 11.5 Å². The third kappa shape index (κ3) is 7.57. The number of carbonyl (C=O) groups is 2. The summed E-state index contributed by atoms with van der Waals surface area (Å²) in [6.45, 7) is 10.3. The third-order valence-corrected chi connectivity index (χ3v) is 6.61. The predicted octanol–water partition coefficient (Wildman–Crippen LogP) is 4.47. The molecule has 0 fully saturated rings. The molecule has 0 aliphatic heterocycles. The van der Waals surface area contributed by atoms with Gasteiger partial charge in [0.05, 0.1) is 4.75 Å². The van der Waals surface area contributed by atoms with E-state index < -0.39 is 12.1 Å². The second kappa shape index (κ2) is 11.4. The van der Waals surface area contributed by atoms with Crippen molar-refractivity contribution < 1.29 is 24.5 Å². The Kier molecular flexibility index (Phi) is 9.16. The molecule has 1 aliphatic carbocycles. The summed E-state index contributed by atoms with van der Waals surface area (Å²) in [5, 5.41) is 21.0. The minimum absolute atomic E-state index is 0.121. The molecule has 0 saturated heterocycles. The number of ether oxygens (including phenoxy) is 1. The van der Waals surface area contributed by atoms with Crippen LogP contribution < -0.4 is 10.1 Å². The Balaban J connectivity index is 0.000000244. The van der Waals surface area contributed by atoms with Gasteiger partial charge in [0.15, 0.2) is 6.10 Å². The lowest BCUT2D eigenvalue weighted by atomic mass is 10.1. The number of thioether (sulfide) groups is 1. The fourth-order valence-corrected chi connectivity index (χ4v) is 4.31. The van der Waals surface area contributed by atoms with E-state index in [1.807, 2.05) is 13.8 Å². The number of Topliss-reactive ketones (excluding diaryl/α,β-unsaturated/α-hetero) is 1. The molecule has 0 spiro atoms. The summed E-state index contributed by atoms with van der Waals surface area (Å²) in [5.41, 5.74) is 2.89. The van der Waals surface area contributed by atoms with Crippen LogP contribution in [0, 0.1) is 0 Å². The van der Waals surface area contributed by atoms with Gasteiger partial charge < -0.3 is 20.3 Å². The van der Waals surface area contributed by atoms with Crippen molar-refractivity contribution in [3.05, 3.63) is 53.6 Å². The molecule has 2 aromatic carbocycles. The van der Waals surface area contributed by atoms with Gasteiger partial charge in [0, 0.05) is 10.9 Å². The topological polar surface area (TPSA) is 95.9 Å². The Bertz CT molecular complexity index is 926. The summed E-state index contributed by atoms with van der Waals surface area (Å²) in [6, 6.07) is 13.1. The van der Waals surface area contributed by atoms with Crippen molar-refractivity contribution >= 4 is 23.5 Å². The third-order valence-electron chi connectivity index (χ3n) is 5.32. The first-order valence-corrected chi connectivity index (χ1v) is 11.6. The fourth-order valence-electron chi connectivity index (χ4n) is 3.24. The number of aromatic hydroxyl groups is 1. The zero-order valence-electron chi connectivity index (χ0n) is 19.3. The zero-order chi connectivity index (χ0) is 23.9. The van der Waals surface area contributed by atoms with Gasteiger partial charge in [-0.3, -0.25) is 4.79 Å². The van der Waals surface area contributed by atoms with Gasteiger partial charge >= 0.3 is 5.97 Å². The van der Waals surface area contributed by atoms with Gasteiger partial charge in [0.1, 0.15) is 17.3 Å². The quantitative estimate of drug-likeness (QED) is 0.501. The molecule has 0 unspecified atom stereocenters. The molecule has 2 aromatic rings. The molecule has 3 N–H and O–H groups in total. The van der Waals surface area contributed by atoms with Crippen LogP contribution in [-0.2, 0) is 22.4 Å². The SMILES string of the molecule is CCN[C@@H]1Cc2ccc(SC(C)(C)C(C)=O)cc2C1.C[C@@H](Oc1ccc(O)cc1)C(=O)O. The Labute approximate surface area is 194 Å². The molecular formula is C25H33NO5S. The molecule has 0 bridgehead atoms. The minimum atomic E-state index is -1.02. The maximum Gasteiger partial charge on any atom is 0.344 e. The van der Waals surface area contributed by atoms with Crippen molar-refractivity contribution in [3.8, 4) is 11.5 Å². The van der Waals surface area contributed by atoms with Crippen LogP contribution in [0.15, 0.2) is 47.4 Å². The smallest absolute Gasteiger partial charge is 0.344 e. The van der Waals surface area contributed by atoms with Crippen LogP contribution >= 0.6 is 11.8 Å². The number of aliphatic carboxylic acids is 1. The highest BCUT2D eigenvalue weighted by atomic mass is 32.2.